The Kier molecular flexibility index (Phi) is 6.41. The van der Waals surface area contributed by atoms with Crippen molar-refractivity contribution in [3.8, 4) is 0 Å². The SMILES string of the molecule is COC(=O)[C@H]([C@H](Br)C(=O)c1ccccc1)[C@@H](c1ccccc1)[N+](=O)[O-]. The number of Topliss-reactive ketones (excluding diaryl/α,β-unsaturated/α-hetero) is 1. The standard InChI is InChI=1S/C18H16BrNO5/c1-25-18(22)14(15(19)17(21)13-10-6-3-7-11-13)16(20(23)24)12-8-4-2-5-9-12/h2-11,14-16H,1H3/t14-,15+,16-/m1/s1. The summed E-state index contributed by atoms with van der Waals surface area (Å²) in [5, 5.41) is 11.7. The third kappa shape index (κ3) is 4.30. The maximum atomic E-state index is 12.7. The lowest BCUT2D eigenvalue weighted by molar-refractivity contribution is -0.536. The Morgan fingerprint density at radius 1 is 1.04 bits per heavy atom. The van der Waals surface area contributed by atoms with Crippen LogP contribution in [0.25, 0.3) is 0 Å². The molecule has 0 N–H and O–H groups in total. The molecule has 0 saturated carbocycles. The summed E-state index contributed by atoms with van der Waals surface area (Å²) < 4.78 is 4.75. The Bertz CT molecular complexity index is 751. The third-order valence-electron chi connectivity index (χ3n) is 3.81. The molecule has 25 heavy (non-hydrogen) atoms. The highest BCUT2D eigenvalue weighted by molar-refractivity contribution is 9.10. The van der Waals surface area contributed by atoms with E-state index in [0.717, 1.165) is 7.11 Å². The van der Waals surface area contributed by atoms with Crippen LogP contribution in [0.2, 0.25) is 0 Å². The maximum absolute atomic E-state index is 12.7. The minimum Gasteiger partial charge on any atom is -0.469 e. The fourth-order valence-electron chi connectivity index (χ4n) is 2.58. The Hall–Kier alpha value is -2.54. The van der Waals surface area contributed by atoms with Crippen molar-refractivity contribution in [3.63, 3.8) is 0 Å². The number of nitro groups is 1. The van der Waals surface area contributed by atoms with Gasteiger partial charge in [-0.05, 0) is 0 Å². The number of ether oxygens (including phenoxy) is 1. The Morgan fingerprint density at radius 2 is 1.56 bits per heavy atom. The molecule has 0 amide bonds. The van der Waals surface area contributed by atoms with E-state index in [1.54, 1.807) is 60.7 Å². The van der Waals surface area contributed by atoms with Crippen LogP contribution in [-0.2, 0) is 9.53 Å². The van der Waals surface area contributed by atoms with Gasteiger partial charge in [0.2, 0.25) is 0 Å². The molecule has 2 aromatic carbocycles. The molecule has 2 aromatic rings. The van der Waals surface area contributed by atoms with E-state index < -0.39 is 33.5 Å². The maximum Gasteiger partial charge on any atom is 0.317 e. The number of esters is 1. The van der Waals surface area contributed by atoms with Crippen molar-refractivity contribution < 1.29 is 19.2 Å². The van der Waals surface area contributed by atoms with Crippen molar-refractivity contribution in [2.75, 3.05) is 7.11 Å². The fourth-order valence-corrected chi connectivity index (χ4v) is 3.35. The second kappa shape index (κ2) is 8.53. The molecule has 0 aromatic heterocycles. The highest BCUT2D eigenvalue weighted by atomic mass is 79.9. The summed E-state index contributed by atoms with van der Waals surface area (Å²) in [5.74, 6) is -2.55. The van der Waals surface area contributed by atoms with Crippen molar-refractivity contribution in [1.29, 1.82) is 0 Å². The summed E-state index contributed by atoms with van der Waals surface area (Å²) in [6, 6.07) is 15.0. The number of halogens is 1. The molecule has 0 aliphatic carbocycles. The first-order valence-corrected chi connectivity index (χ1v) is 8.38. The quantitative estimate of drug-likeness (QED) is 0.231. The topological polar surface area (TPSA) is 86.5 Å². The molecule has 0 heterocycles. The first kappa shape index (κ1) is 18.8. The van der Waals surface area contributed by atoms with Crippen molar-refractivity contribution in [2.45, 2.75) is 10.9 Å². The van der Waals surface area contributed by atoms with Crippen LogP contribution in [0.1, 0.15) is 22.0 Å². The molecular formula is C18H16BrNO5. The van der Waals surface area contributed by atoms with E-state index in [2.05, 4.69) is 15.9 Å². The van der Waals surface area contributed by atoms with Crippen LogP contribution in [-0.4, -0.2) is 28.6 Å². The summed E-state index contributed by atoms with van der Waals surface area (Å²) in [4.78, 5) is 35.0. The predicted molar refractivity (Wildman–Crippen MR) is 95.2 cm³/mol. The number of carbonyl (C=O) groups excluding carboxylic acids is 2. The van der Waals surface area contributed by atoms with Gasteiger partial charge in [0.05, 0.1) is 11.9 Å². The van der Waals surface area contributed by atoms with E-state index in [0.29, 0.717) is 11.1 Å². The van der Waals surface area contributed by atoms with Crippen LogP contribution < -0.4 is 0 Å². The fraction of sp³-hybridized carbons (Fsp3) is 0.222. The lowest BCUT2D eigenvalue weighted by Gasteiger charge is -2.23. The van der Waals surface area contributed by atoms with Crippen LogP contribution >= 0.6 is 15.9 Å². The van der Waals surface area contributed by atoms with Gasteiger partial charge in [0, 0.05) is 16.1 Å². The lowest BCUT2D eigenvalue weighted by Crippen LogP contribution is -2.39. The van der Waals surface area contributed by atoms with E-state index >= 15 is 0 Å². The first-order valence-electron chi connectivity index (χ1n) is 7.47. The third-order valence-corrected chi connectivity index (χ3v) is 4.79. The molecule has 3 atom stereocenters. The Morgan fingerprint density at radius 3 is 2.04 bits per heavy atom. The number of carbonyl (C=O) groups is 2. The van der Waals surface area contributed by atoms with Gasteiger partial charge < -0.3 is 4.74 Å². The summed E-state index contributed by atoms with van der Waals surface area (Å²) in [6.45, 7) is 0. The molecular weight excluding hydrogens is 390 g/mol. The van der Waals surface area contributed by atoms with Gasteiger partial charge in [-0.3, -0.25) is 19.7 Å². The molecule has 130 valence electrons. The second-order valence-electron chi connectivity index (χ2n) is 5.32. The summed E-state index contributed by atoms with van der Waals surface area (Å²) in [7, 11) is 1.14. The molecule has 2 rings (SSSR count). The minimum absolute atomic E-state index is 0.327. The Balaban J connectivity index is 2.45. The van der Waals surface area contributed by atoms with E-state index in [1.165, 1.54) is 0 Å². The van der Waals surface area contributed by atoms with Gasteiger partial charge in [0.25, 0.3) is 6.04 Å². The number of hydrogen-bond acceptors (Lipinski definition) is 5. The molecule has 6 nitrogen and oxygen atoms in total. The summed E-state index contributed by atoms with van der Waals surface area (Å²) in [6.07, 6.45) is 0. The lowest BCUT2D eigenvalue weighted by atomic mass is 9.87. The van der Waals surface area contributed by atoms with Crippen LogP contribution in [0.3, 0.4) is 0 Å². The van der Waals surface area contributed by atoms with Gasteiger partial charge in [0.1, 0.15) is 5.92 Å². The number of nitrogens with zero attached hydrogens (tertiary/aromatic N) is 1. The smallest absolute Gasteiger partial charge is 0.317 e. The largest absolute Gasteiger partial charge is 0.469 e. The van der Waals surface area contributed by atoms with Crippen LogP contribution in [0.15, 0.2) is 60.7 Å². The molecule has 0 radical (unpaired) electrons. The molecule has 0 saturated heterocycles. The molecule has 0 bridgehead atoms. The average Bonchev–Trinajstić information content (AvgIpc) is 2.65. The number of benzene rings is 2. The van der Waals surface area contributed by atoms with Gasteiger partial charge in [-0.1, -0.05) is 76.6 Å². The van der Waals surface area contributed by atoms with E-state index in [9.17, 15) is 19.7 Å². The zero-order valence-electron chi connectivity index (χ0n) is 13.4. The first-order chi connectivity index (χ1) is 12.0. The second-order valence-corrected chi connectivity index (χ2v) is 6.31. The van der Waals surface area contributed by atoms with Gasteiger partial charge >= 0.3 is 5.97 Å². The number of alkyl halides is 1. The molecule has 7 heteroatoms. The van der Waals surface area contributed by atoms with E-state index in [1.807, 2.05) is 0 Å². The molecule has 0 aliphatic rings. The Labute approximate surface area is 153 Å². The van der Waals surface area contributed by atoms with Crippen molar-refractivity contribution in [3.05, 3.63) is 81.9 Å². The van der Waals surface area contributed by atoms with Crippen molar-refractivity contribution in [1.82, 2.24) is 0 Å². The van der Waals surface area contributed by atoms with Gasteiger partial charge in [-0.25, -0.2) is 0 Å². The molecule has 0 fully saturated rings. The molecule has 0 unspecified atom stereocenters. The minimum atomic E-state index is -1.41. The van der Waals surface area contributed by atoms with Crippen LogP contribution in [0, 0.1) is 16.0 Å². The number of methoxy groups -OCH3 is 1. The van der Waals surface area contributed by atoms with E-state index in [4.69, 9.17) is 4.74 Å². The van der Waals surface area contributed by atoms with Crippen LogP contribution in [0.5, 0.6) is 0 Å². The summed E-state index contributed by atoms with van der Waals surface area (Å²) in [5.41, 5.74) is 0.682. The molecule has 0 aliphatic heterocycles. The van der Waals surface area contributed by atoms with Crippen molar-refractivity contribution >= 4 is 27.7 Å². The highest BCUT2D eigenvalue weighted by Gasteiger charge is 2.46. The zero-order chi connectivity index (χ0) is 18.4. The van der Waals surface area contributed by atoms with Crippen LogP contribution in [0.4, 0.5) is 0 Å². The average molecular weight is 406 g/mol. The highest BCUT2D eigenvalue weighted by Crippen LogP contribution is 2.34. The number of hydrogen-bond donors (Lipinski definition) is 0. The van der Waals surface area contributed by atoms with E-state index in [-0.39, 0.29) is 0 Å². The monoisotopic (exact) mass is 405 g/mol. The number of rotatable bonds is 7. The molecule has 0 spiro atoms. The number of ketones is 1. The van der Waals surface area contributed by atoms with Crippen molar-refractivity contribution in [2.24, 2.45) is 5.92 Å². The zero-order valence-corrected chi connectivity index (χ0v) is 15.0. The van der Waals surface area contributed by atoms with Gasteiger partial charge in [-0.2, -0.15) is 0 Å². The predicted octanol–water partition coefficient (Wildman–Crippen LogP) is 3.44. The normalized spacial score (nSPS) is 14.2. The summed E-state index contributed by atoms with van der Waals surface area (Å²) >= 11 is 3.20. The van der Waals surface area contributed by atoms with Gasteiger partial charge in [-0.15, -0.1) is 0 Å². The van der Waals surface area contributed by atoms with Gasteiger partial charge in [0.15, 0.2) is 5.78 Å².